The SMILES string of the molecule is COc1ccc(C(NC(=O)CSc2nc3ccccc3c(=O)n2Cc2cccnc2)C2CC2)cc1. The fraction of sp³-hybridized carbons (Fsp3) is 0.259. The maximum Gasteiger partial charge on any atom is 0.262 e. The third kappa shape index (κ3) is 5.38. The number of hydrogen-bond donors (Lipinski definition) is 1. The molecule has 2 aromatic carbocycles. The molecule has 2 heterocycles. The van der Waals surface area contributed by atoms with Crippen molar-refractivity contribution >= 4 is 28.6 Å². The second kappa shape index (κ2) is 10.3. The third-order valence-corrected chi connectivity index (χ3v) is 7.08. The van der Waals surface area contributed by atoms with Gasteiger partial charge in [-0.25, -0.2) is 4.98 Å². The highest BCUT2D eigenvalue weighted by molar-refractivity contribution is 7.99. The number of amides is 1. The van der Waals surface area contributed by atoms with E-state index >= 15 is 0 Å². The first-order chi connectivity index (χ1) is 17.1. The van der Waals surface area contributed by atoms with Crippen molar-refractivity contribution in [1.29, 1.82) is 0 Å². The molecule has 0 saturated heterocycles. The topological polar surface area (TPSA) is 86.1 Å². The second-order valence-corrected chi connectivity index (χ2v) is 9.55. The summed E-state index contributed by atoms with van der Waals surface area (Å²) in [6, 6.07) is 18.9. The molecule has 1 unspecified atom stereocenters. The number of ether oxygens (including phenoxy) is 1. The van der Waals surface area contributed by atoms with Crippen LogP contribution in [0.3, 0.4) is 0 Å². The Morgan fingerprint density at radius 1 is 1.14 bits per heavy atom. The zero-order chi connectivity index (χ0) is 24.2. The van der Waals surface area contributed by atoms with Gasteiger partial charge in [0.05, 0.1) is 36.4 Å². The van der Waals surface area contributed by atoms with Crippen molar-refractivity contribution in [1.82, 2.24) is 19.9 Å². The Hall–Kier alpha value is -3.65. The van der Waals surface area contributed by atoms with Crippen molar-refractivity contribution in [2.75, 3.05) is 12.9 Å². The van der Waals surface area contributed by atoms with Crippen LogP contribution in [-0.2, 0) is 11.3 Å². The van der Waals surface area contributed by atoms with Crippen molar-refractivity contribution in [3.63, 3.8) is 0 Å². The van der Waals surface area contributed by atoms with Gasteiger partial charge in [0.2, 0.25) is 5.91 Å². The lowest BCUT2D eigenvalue weighted by molar-refractivity contribution is -0.119. The lowest BCUT2D eigenvalue weighted by atomic mass is 10.0. The van der Waals surface area contributed by atoms with E-state index in [0.717, 1.165) is 29.7 Å². The van der Waals surface area contributed by atoms with Crippen LogP contribution >= 0.6 is 11.8 Å². The molecular formula is C27H26N4O3S. The molecule has 0 spiro atoms. The third-order valence-electron chi connectivity index (χ3n) is 6.11. The number of rotatable bonds is 9. The number of pyridine rings is 1. The van der Waals surface area contributed by atoms with E-state index in [1.165, 1.54) is 11.8 Å². The molecular weight excluding hydrogens is 460 g/mol. The summed E-state index contributed by atoms with van der Waals surface area (Å²) in [5.41, 5.74) is 2.46. The molecule has 2 aromatic heterocycles. The molecule has 1 fully saturated rings. The smallest absolute Gasteiger partial charge is 0.262 e. The van der Waals surface area contributed by atoms with E-state index in [4.69, 9.17) is 9.72 Å². The maximum absolute atomic E-state index is 13.3. The molecule has 1 aliphatic rings. The molecule has 1 amide bonds. The lowest BCUT2D eigenvalue weighted by Gasteiger charge is -2.19. The fourth-order valence-electron chi connectivity index (χ4n) is 4.13. The van der Waals surface area contributed by atoms with E-state index < -0.39 is 0 Å². The number of carbonyl (C=O) groups is 1. The monoisotopic (exact) mass is 486 g/mol. The van der Waals surface area contributed by atoms with E-state index in [1.807, 2.05) is 54.6 Å². The summed E-state index contributed by atoms with van der Waals surface area (Å²) in [5.74, 6) is 1.31. The zero-order valence-electron chi connectivity index (χ0n) is 19.4. The number of hydrogen-bond acceptors (Lipinski definition) is 6. The number of nitrogens with one attached hydrogen (secondary N) is 1. The standard InChI is InChI=1S/C27H26N4O3S/c1-34-21-12-10-20(11-13-21)25(19-8-9-19)30-24(32)17-35-27-29-23-7-3-2-6-22(23)26(33)31(27)16-18-5-4-14-28-15-18/h2-7,10-15,19,25H,8-9,16-17H2,1H3,(H,30,32). The summed E-state index contributed by atoms with van der Waals surface area (Å²) in [6.07, 6.45) is 5.63. The molecule has 1 saturated carbocycles. The normalized spacial score (nSPS) is 14.0. The predicted octanol–water partition coefficient (Wildman–Crippen LogP) is 4.21. The van der Waals surface area contributed by atoms with Crippen molar-refractivity contribution in [2.24, 2.45) is 5.92 Å². The van der Waals surface area contributed by atoms with Crippen LogP contribution in [0.1, 0.15) is 30.0 Å². The van der Waals surface area contributed by atoms with Gasteiger partial charge in [-0.1, -0.05) is 42.1 Å². The predicted molar refractivity (Wildman–Crippen MR) is 137 cm³/mol. The number of benzene rings is 2. The van der Waals surface area contributed by atoms with Crippen molar-refractivity contribution < 1.29 is 9.53 Å². The van der Waals surface area contributed by atoms with Crippen LogP contribution in [0.5, 0.6) is 5.75 Å². The Morgan fingerprint density at radius 3 is 2.66 bits per heavy atom. The van der Waals surface area contributed by atoms with Gasteiger partial charge in [0.25, 0.3) is 5.56 Å². The molecule has 0 radical (unpaired) electrons. The molecule has 1 N–H and O–H groups in total. The Bertz CT molecular complexity index is 1390. The van der Waals surface area contributed by atoms with E-state index in [9.17, 15) is 9.59 Å². The van der Waals surface area contributed by atoms with Gasteiger partial charge in [-0.3, -0.25) is 19.1 Å². The van der Waals surface area contributed by atoms with Crippen LogP contribution in [0.15, 0.2) is 83.0 Å². The number of aromatic nitrogens is 3. The highest BCUT2D eigenvalue weighted by Crippen LogP contribution is 2.41. The molecule has 1 aliphatic carbocycles. The van der Waals surface area contributed by atoms with Gasteiger partial charge in [-0.2, -0.15) is 0 Å². The van der Waals surface area contributed by atoms with Gasteiger partial charge in [0.15, 0.2) is 5.16 Å². The quantitative estimate of drug-likeness (QED) is 0.282. The van der Waals surface area contributed by atoms with Crippen LogP contribution in [0.25, 0.3) is 10.9 Å². The average Bonchev–Trinajstić information content (AvgIpc) is 3.74. The summed E-state index contributed by atoms with van der Waals surface area (Å²) >= 11 is 1.28. The largest absolute Gasteiger partial charge is 0.497 e. The van der Waals surface area contributed by atoms with Crippen molar-refractivity contribution in [3.05, 3.63) is 94.5 Å². The number of nitrogens with zero attached hydrogens (tertiary/aromatic N) is 3. The van der Waals surface area contributed by atoms with Gasteiger partial charge < -0.3 is 10.1 Å². The number of thioether (sulfide) groups is 1. The summed E-state index contributed by atoms with van der Waals surface area (Å²) in [4.78, 5) is 35.2. The molecule has 5 rings (SSSR count). The van der Waals surface area contributed by atoms with Crippen molar-refractivity contribution in [2.45, 2.75) is 30.6 Å². The van der Waals surface area contributed by atoms with E-state index in [0.29, 0.717) is 28.5 Å². The van der Waals surface area contributed by atoms with Crippen LogP contribution < -0.4 is 15.6 Å². The molecule has 4 aromatic rings. The first kappa shape index (κ1) is 23.1. The number of para-hydroxylation sites is 1. The summed E-state index contributed by atoms with van der Waals surface area (Å²) < 4.78 is 6.88. The highest BCUT2D eigenvalue weighted by Gasteiger charge is 2.33. The molecule has 0 bridgehead atoms. The molecule has 35 heavy (non-hydrogen) atoms. The Balaban J connectivity index is 1.36. The zero-order valence-corrected chi connectivity index (χ0v) is 20.2. The van der Waals surface area contributed by atoms with Gasteiger partial charge in [0, 0.05) is 12.4 Å². The molecule has 0 aliphatic heterocycles. The van der Waals surface area contributed by atoms with Gasteiger partial charge in [0.1, 0.15) is 5.75 Å². The van der Waals surface area contributed by atoms with Crippen LogP contribution in [0, 0.1) is 5.92 Å². The summed E-state index contributed by atoms with van der Waals surface area (Å²) in [7, 11) is 1.64. The Morgan fingerprint density at radius 2 is 1.94 bits per heavy atom. The Labute approximate surface area is 207 Å². The molecule has 8 heteroatoms. The van der Waals surface area contributed by atoms with E-state index in [-0.39, 0.29) is 23.3 Å². The fourth-order valence-corrected chi connectivity index (χ4v) is 4.94. The van der Waals surface area contributed by atoms with Crippen LogP contribution in [0.4, 0.5) is 0 Å². The molecule has 1 atom stereocenters. The first-order valence-corrected chi connectivity index (χ1v) is 12.6. The average molecular weight is 487 g/mol. The van der Waals surface area contributed by atoms with Gasteiger partial charge in [-0.05, 0) is 60.2 Å². The molecule has 178 valence electrons. The Kier molecular flexibility index (Phi) is 6.81. The van der Waals surface area contributed by atoms with Gasteiger partial charge in [-0.15, -0.1) is 0 Å². The minimum absolute atomic E-state index is 0.0313. The first-order valence-electron chi connectivity index (χ1n) is 11.6. The van der Waals surface area contributed by atoms with Crippen molar-refractivity contribution in [3.8, 4) is 5.75 Å². The maximum atomic E-state index is 13.3. The highest BCUT2D eigenvalue weighted by atomic mass is 32.2. The summed E-state index contributed by atoms with van der Waals surface area (Å²) in [5, 5.41) is 4.27. The number of fused-ring (bicyclic) bond motifs is 1. The minimum atomic E-state index is -0.128. The van der Waals surface area contributed by atoms with Gasteiger partial charge >= 0.3 is 0 Å². The number of methoxy groups -OCH3 is 1. The number of carbonyl (C=O) groups excluding carboxylic acids is 1. The molecule has 7 nitrogen and oxygen atoms in total. The summed E-state index contributed by atoms with van der Waals surface area (Å²) in [6.45, 7) is 0.338. The van der Waals surface area contributed by atoms with Crippen LogP contribution in [-0.4, -0.2) is 33.3 Å². The van der Waals surface area contributed by atoms with E-state index in [2.05, 4.69) is 10.3 Å². The van der Waals surface area contributed by atoms with E-state index in [1.54, 1.807) is 30.1 Å². The second-order valence-electron chi connectivity index (χ2n) is 8.61. The minimum Gasteiger partial charge on any atom is -0.497 e. The lowest BCUT2D eigenvalue weighted by Crippen LogP contribution is -2.31. The van der Waals surface area contributed by atoms with Crippen LogP contribution in [0.2, 0.25) is 0 Å².